The van der Waals surface area contributed by atoms with Crippen LogP contribution in [0.3, 0.4) is 0 Å². The van der Waals surface area contributed by atoms with Crippen LogP contribution in [0.4, 0.5) is 10.5 Å². The van der Waals surface area contributed by atoms with Gasteiger partial charge in [-0.1, -0.05) is 12.1 Å². The van der Waals surface area contributed by atoms with E-state index in [1.807, 2.05) is 43.3 Å². The van der Waals surface area contributed by atoms with Gasteiger partial charge in [0.25, 0.3) is 0 Å². The Balaban J connectivity index is 1.59. The third-order valence-corrected chi connectivity index (χ3v) is 5.56. The first-order valence-electron chi connectivity index (χ1n) is 10.3. The molecule has 0 aliphatic carbocycles. The van der Waals surface area contributed by atoms with Crippen LogP contribution >= 0.6 is 0 Å². The van der Waals surface area contributed by atoms with E-state index >= 15 is 0 Å². The van der Waals surface area contributed by atoms with Crippen LogP contribution < -0.4 is 11.0 Å². The molecule has 3 heterocycles. The Morgan fingerprint density at radius 2 is 2.17 bits per heavy atom. The van der Waals surface area contributed by atoms with Crippen molar-refractivity contribution < 1.29 is 9.53 Å². The summed E-state index contributed by atoms with van der Waals surface area (Å²) >= 11 is 0. The molecule has 8 nitrogen and oxygen atoms in total. The number of anilines is 1. The topological polar surface area (TPSA) is 81.4 Å². The highest BCUT2D eigenvalue weighted by Crippen LogP contribution is 2.24. The minimum atomic E-state index is -0.144. The summed E-state index contributed by atoms with van der Waals surface area (Å²) in [7, 11) is 1.62. The number of methoxy groups -OCH3 is 1. The molecule has 158 valence electrons. The number of likely N-dealkylation sites (tertiary alicyclic amines) is 1. The quantitative estimate of drug-likeness (QED) is 0.702. The van der Waals surface area contributed by atoms with E-state index < -0.39 is 0 Å². The number of piperidine rings is 1. The summed E-state index contributed by atoms with van der Waals surface area (Å²) in [5, 5.41) is 2.97. The summed E-state index contributed by atoms with van der Waals surface area (Å²) in [5.74, 6) is 0. The number of nitrogens with one attached hydrogen (secondary N) is 1. The maximum Gasteiger partial charge on any atom is 0.330 e. The lowest BCUT2D eigenvalue weighted by Crippen LogP contribution is -2.44. The SMILES string of the molecule is COCCn1c(=O)n([C@H]2CCCN(C(=O)Nc3cccc(C)c3)C2)c2ncccc21. The van der Waals surface area contributed by atoms with Crippen LogP contribution in [-0.4, -0.2) is 51.9 Å². The molecule has 0 radical (unpaired) electrons. The maximum absolute atomic E-state index is 13.2. The number of pyridine rings is 1. The summed E-state index contributed by atoms with van der Waals surface area (Å²) < 4.78 is 8.62. The van der Waals surface area contributed by atoms with Crippen molar-refractivity contribution in [3.63, 3.8) is 0 Å². The molecule has 1 aliphatic heterocycles. The molecule has 0 saturated carbocycles. The molecule has 1 atom stereocenters. The van der Waals surface area contributed by atoms with Gasteiger partial charge in [0.05, 0.1) is 24.7 Å². The second kappa shape index (κ2) is 8.71. The Morgan fingerprint density at radius 3 is 2.97 bits per heavy atom. The number of hydrogen-bond acceptors (Lipinski definition) is 4. The molecule has 1 aliphatic rings. The van der Waals surface area contributed by atoms with E-state index in [1.54, 1.807) is 27.3 Å². The first-order chi connectivity index (χ1) is 14.6. The van der Waals surface area contributed by atoms with Crippen LogP contribution in [0.5, 0.6) is 0 Å². The van der Waals surface area contributed by atoms with Crippen molar-refractivity contribution in [2.24, 2.45) is 0 Å². The minimum absolute atomic E-state index is 0.105. The molecule has 3 aromatic rings. The van der Waals surface area contributed by atoms with E-state index in [-0.39, 0.29) is 17.8 Å². The predicted molar refractivity (Wildman–Crippen MR) is 116 cm³/mol. The van der Waals surface area contributed by atoms with Gasteiger partial charge in [0.1, 0.15) is 0 Å². The van der Waals surface area contributed by atoms with Gasteiger partial charge in [0, 0.05) is 32.1 Å². The van der Waals surface area contributed by atoms with E-state index in [2.05, 4.69) is 10.3 Å². The highest BCUT2D eigenvalue weighted by molar-refractivity contribution is 5.89. The van der Waals surface area contributed by atoms with Crippen molar-refractivity contribution >= 4 is 22.9 Å². The van der Waals surface area contributed by atoms with Crippen molar-refractivity contribution in [3.8, 4) is 0 Å². The van der Waals surface area contributed by atoms with Gasteiger partial charge in [0.15, 0.2) is 5.65 Å². The van der Waals surface area contributed by atoms with Crippen LogP contribution in [0.25, 0.3) is 11.2 Å². The molecule has 8 heteroatoms. The lowest BCUT2D eigenvalue weighted by atomic mass is 10.1. The predicted octanol–water partition coefficient (Wildman–Crippen LogP) is 3.02. The molecular formula is C22H27N5O3. The van der Waals surface area contributed by atoms with Crippen LogP contribution in [0.1, 0.15) is 24.4 Å². The van der Waals surface area contributed by atoms with Crippen LogP contribution in [0, 0.1) is 6.92 Å². The molecule has 0 spiro atoms. The van der Waals surface area contributed by atoms with Gasteiger partial charge in [-0.3, -0.25) is 9.13 Å². The normalized spacial score (nSPS) is 16.7. The Labute approximate surface area is 175 Å². The largest absolute Gasteiger partial charge is 0.383 e. The average Bonchev–Trinajstić information content (AvgIpc) is 3.03. The Kier molecular flexibility index (Phi) is 5.85. The Morgan fingerprint density at radius 1 is 1.30 bits per heavy atom. The van der Waals surface area contributed by atoms with Crippen molar-refractivity contribution in [2.75, 3.05) is 32.1 Å². The lowest BCUT2D eigenvalue weighted by molar-refractivity contribution is 0.176. The molecule has 0 bridgehead atoms. The first-order valence-corrected chi connectivity index (χ1v) is 10.3. The van der Waals surface area contributed by atoms with Crippen LogP contribution in [-0.2, 0) is 11.3 Å². The van der Waals surface area contributed by atoms with Gasteiger partial charge >= 0.3 is 11.7 Å². The van der Waals surface area contributed by atoms with Crippen LogP contribution in [0.15, 0.2) is 47.4 Å². The standard InChI is InChI=1S/C22H27N5O3/c1-16-6-3-7-17(14-16)24-21(28)25-11-5-8-18(15-25)27-20-19(9-4-10-23-20)26(22(27)29)12-13-30-2/h3-4,6-7,9-10,14,18H,5,8,11-13,15H2,1-2H3,(H,24,28)/t18-/m0/s1. The summed E-state index contributed by atoms with van der Waals surface area (Å²) in [4.78, 5) is 32.3. The third kappa shape index (κ3) is 3.95. The van der Waals surface area contributed by atoms with Gasteiger partial charge < -0.3 is 15.0 Å². The fraction of sp³-hybridized carbons (Fsp3) is 0.409. The second-order valence-corrected chi connectivity index (χ2v) is 7.68. The second-order valence-electron chi connectivity index (χ2n) is 7.68. The fourth-order valence-electron chi connectivity index (χ4n) is 4.11. The zero-order chi connectivity index (χ0) is 21.1. The number of benzene rings is 1. The smallest absolute Gasteiger partial charge is 0.330 e. The number of fused-ring (bicyclic) bond motifs is 1. The minimum Gasteiger partial charge on any atom is -0.383 e. The number of imidazole rings is 1. The number of aromatic nitrogens is 3. The number of carbonyl (C=O) groups excluding carboxylic acids is 1. The summed E-state index contributed by atoms with van der Waals surface area (Å²) in [6.45, 7) is 4.04. The van der Waals surface area contributed by atoms with E-state index in [0.717, 1.165) is 29.6 Å². The first kappa shape index (κ1) is 20.2. The molecule has 30 heavy (non-hydrogen) atoms. The van der Waals surface area contributed by atoms with E-state index in [1.165, 1.54) is 0 Å². The van der Waals surface area contributed by atoms with Gasteiger partial charge in [-0.15, -0.1) is 0 Å². The monoisotopic (exact) mass is 409 g/mol. The molecule has 1 N–H and O–H groups in total. The zero-order valence-electron chi connectivity index (χ0n) is 17.4. The molecule has 1 fully saturated rings. The zero-order valence-corrected chi connectivity index (χ0v) is 17.4. The highest BCUT2D eigenvalue weighted by Gasteiger charge is 2.28. The summed E-state index contributed by atoms with van der Waals surface area (Å²) in [6.07, 6.45) is 3.36. The number of nitrogens with zero attached hydrogens (tertiary/aromatic N) is 4. The lowest BCUT2D eigenvalue weighted by Gasteiger charge is -2.33. The van der Waals surface area contributed by atoms with Crippen LogP contribution in [0.2, 0.25) is 0 Å². The molecule has 0 unspecified atom stereocenters. The summed E-state index contributed by atoms with van der Waals surface area (Å²) in [5.41, 5.74) is 3.21. The van der Waals surface area contributed by atoms with E-state index in [9.17, 15) is 9.59 Å². The Hall–Kier alpha value is -3.13. The van der Waals surface area contributed by atoms with Crippen molar-refractivity contribution in [2.45, 2.75) is 32.4 Å². The van der Waals surface area contributed by atoms with Crippen molar-refractivity contribution in [1.29, 1.82) is 0 Å². The number of hydrogen-bond donors (Lipinski definition) is 1. The third-order valence-electron chi connectivity index (χ3n) is 5.56. The number of urea groups is 1. The van der Waals surface area contributed by atoms with Crippen molar-refractivity contribution in [3.05, 3.63) is 58.6 Å². The molecule has 1 saturated heterocycles. The molecule has 1 aromatic carbocycles. The Bertz CT molecular complexity index is 1100. The van der Waals surface area contributed by atoms with E-state index in [0.29, 0.717) is 31.9 Å². The number of carbonyl (C=O) groups is 1. The fourth-order valence-corrected chi connectivity index (χ4v) is 4.11. The van der Waals surface area contributed by atoms with E-state index in [4.69, 9.17) is 4.74 Å². The molecule has 4 rings (SSSR count). The maximum atomic E-state index is 13.2. The van der Waals surface area contributed by atoms with Gasteiger partial charge in [0.2, 0.25) is 0 Å². The highest BCUT2D eigenvalue weighted by atomic mass is 16.5. The van der Waals surface area contributed by atoms with Crippen molar-refractivity contribution in [1.82, 2.24) is 19.0 Å². The number of rotatable bonds is 5. The molecule has 2 aromatic heterocycles. The number of aryl methyl sites for hydroxylation is 1. The molecular weight excluding hydrogens is 382 g/mol. The van der Waals surface area contributed by atoms with Gasteiger partial charge in [-0.05, 0) is 49.6 Å². The molecule has 2 amide bonds. The number of amides is 2. The van der Waals surface area contributed by atoms with Gasteiger partial charge in [-0.25, -0.2) is 14.6 Å². The average molecular weight is 409 g/mol. The number of ether oxygens (including phenoxy) is 1. The van der Waals surface area contributed by atoms with Gasteiger partial charge in [-0.2, -0.15) is 0 Å². The summed E-state index contributed by atoms with van der Waals surface area (Å²) in [6, 6.07) is 11.2.